The third-order valence-electron chi connectivity index (χ3n) is 3.04. The summed E-state index contributed by atoms with van der Waals surface area (Å²) in [5, 5.41) is 3.36. The van der Waals surface area contributed by atoms with Crippen molar-refractivity contribution in [3.8, 4) is 5.75 Å². The number of rotatable bonds is 7. The van der Waals surface area contributed by atoms with Crippen LogP contribution in [0.2, 0.25) is 0 Å². The number of amides is 1. The molecule has 112 valence electrons. The van der Waals surface area contributed by atoms with Crippen LogP contribution in [-0.2, 0) is 4.79 Å². The van der Waals surface area contributed by atoms with Crippen molar-refractivity contribution in [2.45, 2.75) is 39.3 Å². The smallest absolute Gasteiger partial charge is 0.223 e. The molecule has 0 saturated heterocycles. The van der Waals surface area contributed by atoms with Crippen molar-refractivity contribution in [3.63, 3.8) is 0 Å². The highest BCUT2D eigenvalue weighted by atomic mass is 16.5. The van der Waals surface area contributed by atoms with E-state index in [0.29, 0.717) is 13.0 Å². The fourth-order valence-corrected chi connectivity index (χ4v) is 1.84. The van der Waals surface area contributed by atoms with E-state index in [2.05, 4.69) is 24.4 Å². The van der Waals surface area contributed by atoms with Gasteiger partial charge in [0.05, 0.1) is 6.10 Å². The predicted molar refractivity (Wildman–Crippen MR) is 81.9 cm³/mol. The highest BCUT2D eigenvalue weighted by Crippen LogP contribution is 2.18. The number of nitrogens with one attached hydrogen (secondary N) is 1. The summed E-state index contributed by atoms with van der Waals surface area (Å²) in [6, 6.07) is 8.31. The molecule has 1 unspecified atom stereocenters. The molecule has 0 aliphatic heterocycles. The van der Waals surface area contributed by atoms with Gasteiger partial charge in [-0.05, 0) is 38.5 Å². The number of benzene rings is 1. The Morgan fingerprint density at radius 1 is 1.20 bits per heavy atom. The standard InChI is InChI=1S/C16H26N2O2/c1-12(2)20-15-8-6-14(7-9-15)13(3)17-11-10-16(19)18(4)5/h6-9,12-13,17H,10-11H2,1-5H3. The predicted octanol–water partition coefficient (Wildman–Crippen LogP) is 2.60. The molecule has 4 heteroatoms. The van der Waals surface area contributed by atoms with E-state index in [1.165, 1.54) is 5.56 Å². The minimum absolute atomic E-state index is 0.144. The molecule has 1 rings (SSSR count). The molecule has 20 heavy (non-hydrogen) atoms. The van der Waals surface area contributed by atoms with E-state index in [0.717, 1.165) is 5.75 Å². The molecule has 0 saturated carbocycles. The number of ether oxygens (including phenoxy) is 1. The van der Waals surface area contributed by atoms with Crippen LogP contribution in [0.15, 0.2) is 24.3 Å². The quantitative estimate of drug-likeness (QED) is 0.833. The second-order valence-electron chi connectivity index (χ2n) is 5.45. The molecule has 0 aliphatic carbocycles. The Bertz CT molecular complexity index is 413. The molecule has 1 aromatic rings. The van der Waals surface area contributed by atoms with E-state index in [4.69, 9.17) is 4.74 Å². The average Bonchev–Trinajstić information content (AvgIpc) is 2.38. The Morgan fingerprint density at radius 2 is 1.80 bits per heavy atom. The van der Waals surface area contributed by atoms with Crippen molar-refractivity contribution in [2.24, 2.45) is 0 Å². The van der Waals surface area contributed by atoms with Gasteiger partial charge in [-0.1, -0.05) is 12.1 Å². The molecule has 0 aromatic heterocycles. The van der Waals surface area contributed by atoms with Crippen molar-refractivity contribution in [1.29, 1.82) is 0 Å². The van der Waals surface area contributed by atoms with Gasteiger partial charge in [-0.2, -0.15) is 0 Å². The highest BCUT2D eigenvalue weighted by Gasteiger charge is 2.08. The Kier molecular flexibility index (Phi) is 6.52. The van der Waals surface area contributed by atoms with Gasteiger partial charge < -0.3 is 15.0 Å². The van der Waals surface area contributed by atoms with Crippen LogP contribution in [-0.4, -0.2) is 37.6 Å². The van der Waals surface area contributed by atoms with E-state index in [9.17, 15) is 4.79 Å². The van der Waals surface area contributed by atoms with Crippen LogP contribution < -0.4 is 10.1 Å². The van der Waals surface area contributed by atoms with Gasteiger partial charge in [0.1, 0.15) is 5.75 Å². The summed E-state index contributed by atoms with van der Waals surface area (Å²) in [5.41, 5.74) is 1.19. The molecule has 1 amide bonds. The molecule has 4 nitrogen and oxygen atoms in total. The third kappa shape index (κ3) is 5.61. The van der Waals surface area contributed by atoms with E-state index in [1.807, 2.05) is 26.0 Å². The Morgan fingerprint density at radius 3 is 2.30 bits per heavy atom. The maximum Gasteiger partial charge on any atom is 0.223 e. The Hall–Kier alpha value is -1.55. The first kappa shape index (κ1) is 16.5. The second kappa shape index (κ2) is 7.90. The fraction of sp³-hybridized carbons (Fsp3) is 0.562. The van der Waals surface area contributed by atoms with Gasteiger partial charge in [-0.3, -0.25) is 4.79 Å². The minimum Gasteiger partial charge on any atom is -0.491 e. The summed E-state index contributed by atoms with van der Waals surface area (Å²) < 4.78 is 5.62. The molecule has 0 aliphatic rings. The monoisotopic (exact) mass is 278 g/mol. The summed E-state index contributed by atoms with van der Waals surface area (Å²) in [4.78, 5) is 13.1. The Labute approximate surface area is 122 Å². The molecule has 0 radical (unpaired) electrons. The lowest BCUT2D eigenvalue weighted by Gasteiger charge is -2.16. The lowest BCUT2D eigenvalue weighted by molar-refractivity contribution is -0.128. The van der Waals surface area contributed by atoms with Gasteiger partial charge >= 0.3 is 0 Å². The Balaban J connectivity index is 2.43. The topological polar surface area (TPSA) is 41.6 Å². The van der Waals surface area contributed by atoms with Crippen LogP contribution >= 0.6 is 0 Å². The maximum atomic E-state index is 11.5. The van der Waals surface area contributed by atoms with Crippen molar-refractivity contribution in [2.75, 3.05) is 20.6 Å². The normalized spacial score (nSPS) is 12.3. The fourth-order valence-electron chi connectivity index (χ4n) is 1.84. The van der Waals surface area contributed by atoms with Crippen LogP contribution in [0.3, 0.4) is 0 Å². The molecule has 0 bridgehead atoms. The van der Waals surface area contributed by atoms with Gasteiger partial charge in [0.2, 0.25) is 5.91 Å². The van der Waals surface area contributed by atoms with E-state index in [1.54, 1.807) is 19.0 Å². The third-order valence-corrected chi connectivity index (χ3v) is 3.04. The van der Waals surface area contributed by atoms with E-state index in [-0.39, 0.29) is 18.1 Å². The summed E-state index contributed by atoms with van der Waals surface area (Å²) in [7, 11) is 3.55. The lowest BCUT2D eigenvalue weighted by Crippen LogP contribution is -2.28. The lowest BCUT2D eigenvalue weighted by atomic mass is 10.1. The molecule has 0 heterocycles. The van der Waals surface area contributed by atoms with Gasteiger partial charge in [0, 0.05) is 33.1 Å². The molecule has 1 aromatic carbocycles. The first-order valence-corrected chi connectivity index (χ1v) is 7.10. The number of hydrogen-bond acceptors (Lipinski definition) is 3. The van der Waals surface area contributed by atoms with Crippen LogP contribution in [0.25, 0.3) is 0 Å². The first-order chi connectivity index (χ1) is 9.40. The van der Waals surface area contributed by atoms with E-state index < -0.39 is 0 Å². The summed E-state index contributed by atoms with van der Waals surface area (Å²) in [6.07, 6.45) is 0.708. The van der Waals surface area contributed by atoms with Crippen LogP contribution in [0.4, 0.5) is 0 Å². The zero-order valence-corrected chi connectivity index (χ0v) is 13.1. The molecule has 0 fully saturated rings. The number of nitrogens with zero attached hydrogens (tertiary/aromatic N) is 1. The molecule has 1 N–H and O–H groups in total. The minimum atomic E-state index is 0.144. The molecular formula is C16H26N2O2. The molecular weight excluding hydrogens is 252 g/mol. The van der Waals surface area contributed by atoms with Crippen molar-refractivity contribution < 1.29 is 9.53 Å². The number of hydrogen-bond donors (Lipinski definition) is 1. The van der Waals surface area contributed by atoms with Crippen molar-refractivity contribution in [1.82, 2.24) is 10.2 Å². The number of carbonyl (C=O) groups excluding carboxylic acids is 1. The van der Waals surface area contributed by atoms with Gasteiger partial charge in [0.15, 0.2) is 0 Å². The van der Waals surface area contributed by atoms with E-state index >= 15 is 0 Å². The number of carbonyl (C=O) groups is 1. The van der Waals surface area contributed by atoms with Crippen LogP contribution in [0.5, 0.6) is 5.75 Å². The summed E-state index contributed by atoms with van der Waals surface area (Å²) in [6.45, 7) is 6.81. The first-order valence-electron chi connectivity index (χ1n) is 7.10. The zero-order valence-electron chi connectivity index (χ0n) is 13.1. The van der Waals surface area contributed by atoms with Gasteiger partial charge in [-0.25, -0.2) is 0 Å². The van der Waals surface area contributed by atoms with Gasteiger partial charge in [0.25, 0.3) is 0 Å². The van der Waals surface area contributed by atoms with Gasteiger partial charge in [-0.15, -0.1) is 0 Å². The maximum absolute atomic E-state index is 11.5. The second-order valence-corrected chi connectivity index (χ2v) is 5.45. The molecule has 1 atom stereocenters. The summed E-state index contributed by atoms with van der Waals surface area (Å²) >= 11 is 0. The zero-order chi connectivity index (χ0) is 15.1. The summed E-state index contributed by atoms with van der Waals surface area (Å²) in [5.74, 6) is 1.03. The largest absolute Gasteiger partial charge is 0.491 e. The average molecular weight is 278 g/mol. The van der Waals surface area contributed by atoms with Crippen molar-refractivity contribution >= 4 is 5.91 Å². The highest BCUT2D eigenvalue weighted by molar-refractivity contribution is 5.75. The molecule has 0 spiro atoms. The SMILES string of the molecule is CC(C)Oc1ccc(C(C)NCCC(=O)N(C)C)cc1. The van der Waals surface area contributed by atoms with Crippen LogP contribution in [0, 0.1) is 0 Å². The van der Waals surface area contributed by atoms with Crippen LogP contribution in [0.1, 0.15) is 38.8 Å². The van der Waals surface area contributed by atoms with Crippen molar-refractivity contribution in [3.05, 3.63) is 29.8 Å².